The molecular formula is C20H16ClN3O3S. The number of amides is 2. The van der Waals surface area contributed by atoms with Gasteiger partial charge < -0.3 is 15.4 Å². The Labute approximate surface area is 170 Å². The molecule has 0 saturated carbocycles. The van der Waals surface area contributed by atoms with E-state index in [1.165, 1.54) is 11.3 Å². The van der Waals surface area contributed by atoms with Crippen LogP contribution in [-0.2, 0) is 16.0 Å². The second kappa shape index (κ2) is 7.61. The standard InChI is InChI=1S/C20H16ClN3O3S/c1-11-19(26)24-16-8-14(6-7-17(16)27-11)22-18(25)9-15-10-28-20(23-15)12-2-4-13(21)5-3-12/h2-8,10-11H,9H2,1H3,(H,22,25)(H,24,26)/t11-/m1/s1. The fourth-order valence-corrected chi connectivity index (χ4v) is 3.72. The number of nitrogens with one attached hydrogen (secondary N) is 2. The minimum absolute atomic E-state index is 0.154. The number of benzene rings is 2. The first-order valence-corrected chi connectivity index (χ1v) is 9.85. The van der Waals surface area contributed by atoms with E-state index in [0.717, 1.165) is 10.6 Å². The number of rotatable bonds is 4. The van der Waals surface area contributed by atoms with Crippen molar-refractivity contribution in [1.29, 1.82) is 0 Å². The highest BCUT2D eigenvalue weighted by Crippen LogP contribution is 2.32. The molecule has 8 heteroatoms. The molecule has 0 spiro atoms. The van der Waals surface area contributed by atoms with Crippen molar-refractivity contribution in [2.45, 2.75) is 19.4 Å². The van der Waals surface area contributed by atoms with Crippen LogP contribution in [0.3, 0.4) is 0 Å². The molecule has 1 aliphatic heterocycles. The van der Waals surface area contributed by atoms with E-state index in [4.69, 9.17) is 16.3 Å². The van der Waals surface area contributed by atoms with Gasteiger partial charge in [-0.25, -0.2) is 4.98 Å². The number of hydrogen-bond acceptors (Lipinski definition) is 5. The number of aromatic nitrogens is 1. The molecule has 2 amide bonds. The van der Waals surface area contributed by atoms with Crippen LogP contribution < -0.4 is 15.4 Å². The van der Waals surface area contributed by atoms with Crippen LogP contribution >= 0.6 is 22.9 Å². The Hall–Kier alpha value is -2.90. The first-order valence-electron chi connectivity index (χ1n) is 8.60. The molecule has 1 aromatic heterocycles. The molecule has 0 saturated heterocycles. The van der Waals surface area contributed by atoms with Gasteiger partial charge in [0, 0.05) is 21.7 Å². The number of ether oxygens (including phenoxy) is 1. The second-order valence-corrected chi connectivity index (χ2v) is 7.63. The van der Waals surface area contributed by atoms with Crippen LogP contribution in [0.2, 0.25) is 5.02 Å². The summed E-state index contributed by atoms with van der Waals surface area (Å²) in [6, 6.07) is 12.6. The lowest BCUT2D eigenvalue weighted by molar-refractivity contribution is -0.122. The Kier molecular flexibility index (Phi) is 5.02. The smallest absolute Gasteiger partial charge is 0.265 e. The molecule has 1 aliphatic rings. The Morgan fingerprint density at radius 1 is 1.29 bits per heavy atom. The predicted octanol–water partition coefficient (Wildman–Crippen LogP) is 4.36. The summed E-state index contributed by atoms with van der Waals surface area (Å²) in [5, 5.41) is 8.96. The molecule has 2 aromatic carbocycles. The summed E-state index contributed by atoms with van der Waals surface area (Å²) in [6.07, 6.45) is -0.381. The third kappa shape index (κ3) is 4.00. The highest BCUT2D eigenvalue weighted by Gasteiger charge is 2.23. The van der Waals surface area contributed by atoms with Crippen LogP contribution in [0.5, 0.6) is 5.75 Å². The van der Waals surface area contributed by atoms with E-state index in [2.05, 4.69) is 15.6 Å². The van der Waals surface area contributed by atoms with Crippen LogP contribution in [-0.4, -0.2) is 22.9 Å². The van der Waals surface area contributed by atoms with E-state index in [0.29, 0.717) is 27.8 Å². The number of fused-ring (bicyclic) bond motifs is 1. The molecule has 142 valence electrons. The van der Waals surface area contributed by atoms with Crippen molar-refractivity contribution in [3.63, 3.8) is 0 Å². The summed E-state index contributed by atoms with van der Waals surface area (Å²) in [5.41, 5.74) is 2.77. The van der Waals surface area contributed by atoms with E-state index < -0.39 is 6.10 Å². The lowest BCUT2D eigenvalue weighted by Gasteiger charge is -2.23. The van der Waals surface area contributed by atoms with E-state index in [9.17, 15) is 9.59 Å². The van der Waals surface area contributed by atoms with Crippen molar-refractivity contribution in [3.8, 4) is 16.3 Å². The molecule has 0 aliphatic carbocycles. The van der Waals surface area contributed by atoms with Gasteiger partial charge in [0.05, 0.1) is 17.8 Å². The molecular weight excluding hydrogens is 398 g/mol. The van der Waals surface area contributed by atoms with Gasteiger partial charge in [-0.15, -0.1) is 11.3 Å². The molecule has 1 atom stereocenters. The lowest BCUT2D eigenvalue weighted by Crippen LogP contribution is -2.34. The largest absolute Gasteiger partial charge is 0.479 e. The summed E-state index contributed by atoms with van der Waals surface area (Å²) in [5.74, 6) is 0.176. The summed E-state index contributed by atoms with van der Waals surface area (Å²) in [6.45, 7) is 1.68. The quantitative estimate of drug-likeness (QED) is 0.665. The van der Waals surface area contributed by atoms with Crippen LogP contribution in [0.15, 0.2) is 47.8 Å². The van der Waals surface area contributed by atoms with Crippen molar-refractivity contribution in [2.24, 2.45) is 0 Å². The van der Waals surface area contributed by atoms with Crippen LogP contribution in [0.1, 0.15) is 12.6 Å². The molecule has 0 fully saturated rings. The molecule has 6 nitrogen and oxygen atoms in total. The van der Waals surface area contributed by atoms with Crippen molar-refractivity contribution < 1.29 is 14.3 Å². The van der Waals surface area contributed by atoms with Crippen molar-refractivity contribution >= 4 is 46.1 Å². The maximum absolute atomic E-state index is 12.4. The predicted molar refractivity (Wildman–Crippen MR) is 110 cm³/mol. The van der Waals surface area contributed by atoms with Crippen LogP contribution in [0.25, 0.3) is 10.6 Å². The summed E-state index contributed by atoms with van der Waals surface area (Å²) in [4.78, 5) is 28.6. The van der Waals surface area contributed by atoms with Gasteiger partial charge >= 0.3 is 0 Å². The second-order valence-electron chi connectivity index (χ2n) is 6.34. The zero-order chi connectivity index (χ0) is 19.7. The topological polar surface area (TPSA) is 80.3 Å². The van der Waals surface area contributed by atoms with E-state index >= 15 is 0 Å². The number of anilines is 2. The van der Waals surface area contributed by atoms with Gasteiger partial charge in [0.1, 0.15) is 10.8 Å². The maximum Gasteiger partial charge on any atom is 0.265 e. The van der Waals surface area contributed by atoms with Crippen LogP contribution in [0, 0.1) is 0 Å². The normalized spacial score (nSPS) is 15.4. The fourth-order valence-electron chi connectivity index (χ4n) is 2.77. The SMILES string of the molecule is C[C@H]1Oc2ccc(NC(=O)Cc3csc(-c4ccc(Cl)cc4)n3)cc2NC1=O. The average molecular weight is 414 g/mol. The highest BCUT2D eigenvalue weighted by atomic mass is 35.5. The molecule has 28 heavy (non-hydrogen) atoms. The minimum atomic E-state index is -0.535. The summed E-state index contributed by atoms with van der Waals surface area (Å²) < 4.78 is 5.51. The van der Waals surface area contributed by atoms with Gasteiger partial charge in [0.15, 0.2) is 6.10 Å². The zero-order valence-corrected chi connectivity index (χ0v) is 16.4. The molecule has 0 radical (unpaired) electrons. The van der Waals surface area contributed by atoms with Crippen molar-refractivity contribution in [2.75, 3.05) is 10.6 Å². The summed E-state index contributed by atoms with van der Waals surface area (Å²) in [7, 11) is 0. The first kappa shape index (κ1) is 18.5. The number of hydrogen-bond donors (Lipinski definition) is 2. The highest BCUT2D eigenvalue weighted by molar-refractivity contribution is 7.13. The van der Waals surface area contributed by atoms with Gasteiger partial charge in [-0.2, -0.15) is 0 Å². The Balaban J connectivity index is 1.42. The van der Waals surface area contributed by atoms with E-state index in [1.54, 1.807) is 25.1 Å². The Morgan fingerprint density at radius 2 is 2.07 bits per heavy atom. The monoisotopic (exact) mass is 413 g/mol. The lowest BCUT2D eigenvalue weighted by atomic mass is 10.2. The van der Waals surface area contributed by atoms with Gasteiger partial charge in [-0.3, -0.25) is 9.59 Å². The van der Waals surface area contributed by atoms with Crippen molar-refractivity contribution in [1.82, 2.24) is 4.98 Å². The van der Waals surface area contributed by atoms with Gasteiger partial charge in [0.25, 0.3) is 5.91 Å². The average Bonchev–Trinajstić information content (AvgIpc) is 3.12. The molecule has 0 unspecified atom stereocenters. The molecule has 3 aromatic rings. The van der Waals surface area contributed by atoms with E-state index in [-0.39, 0.29) is 18.2 Å². The van der Waals surface area contributed by atoms with Crippen LogP contribution in [0.4, 0.5) is 11.4 Å². The number of carbonyl (C=O) groups is 2. The number of carbonyl (C=O) groups excluding carboxylic acids is 2. The summed E-state index contributed by atoms with van der Waals surface area (Å²) >= 11 is 7.39. The van der Waals surface area contributed by atoms with Gasteiger partial charge in [-0.05, 0) is 37.3 Å². The van der Waals surface area contributed by atoms with Gasteiger partial charge in [0.2, 0.25) is 5.91 Å². The molecule has 2 N–H and O–H groups in total. The van der Waals surface area contributed by atoms with Crippen molar-refractivity contribution in [3.05, 3.63) is 58.6 Å². The zero-order valence-electron chi connectivity index (χ0n) is 14.9. The Bertz CT molecular complexity index is 1050. The minimum Gasteiger partial charge on any atom is -0.479 e. The third-order valence-electron chi connectivity index (χ3n) is 4.18. The first-order chi connectivity index (χ1) is 13.5. The molecule has 0 bridgehead atoms. The molecule has 4 rings (SSSR count). The van der Waals surface area contributed by atoms with Gasteiger partial charge in [-0.1, -0.05) is 23.7 Å². The fraction of sp³-hybridized carbons (Fsp3) is 0.150. The molecule has 2 heterocycles. The third-order valence-corrected chi connectivity index (χ3v) is 5.37. The number of nitrogens with zero attached hydrogens (tertiary/aromatic N) is 1. The number of halogens is 1. The van der Waals surface area contributed by atoms with E-state index in [1.807, 2.05) is 29.6 Å². The number of thiazole rings is 1. The maximum atomic E-state index is 12.4. The Morgan fingerprint density at radius 3 is 2.86 bits per heavy atom.